The minimum absolute atomic E-state index is 0.0809. The summed E-state index contributed by atoms with van der Waals surface area (Å²) >= 11 is 1.25. The second-order valence-electron chi connectivity index (χ2n) is 4.28. The monoisotopic (exact) mass is 289 g/mol. The SMILES string of the molecule is CN(Cc1cc(C#N)ccc1F)C(=O)c1sccc1N. The highest BCUT2D eigenvalue weighted by Crippen LogP contribution is 2.21. The number of nitrogen functional groups attached to an aromatic ring is 1. The van der Waals surface area contributed by atoms with Crippen molar-refractivity contribution in [1.82, 2.24) is 4.90 Å². The van der Waals surface area contributed by atoms with Crippen molar-refractivity contribution in [2.45, 2.75) is 6.54 Å². The molecule has 1 aromatic carbocycles. The highest BCUT2D eigenvalue weighted by atomic mass is 32.1. The molecule has 0 spiro atoms. The third-order valence-electron chi connectivity index (χ3n) is 2.82. The van der Waals surface area contributed by atoms with Gasteiger partial charge < -0.3 is 10.6 Å². The van der Waals surface area contributed by atoms with E-state index in [4.69, 9.17) is 11.0 Å². The highest BCUT2D eigenvalue weighted by Gasteiger charge is 2.17. The number of amides is 1. The Bertz CT molecular complexity index is 690. The van der Waals surface area contributed by atoms with Gasteiger partial charge in [-0.05, 0) is 29.6 Å². The van der Waals surface area contributed by atoms with E-state index in [1.165, 1.54) is 34.4 Å². The van der Waals surface area contributed by atoms with Gasteiger partial charge in [0, 0.05) is 19.2 Å². The van der Waals surface area contributed by atoms with Crippen molar-refractivity contribution >= 4 is 22.9 Å². The number of nitriles is 1. The highest BCUT2D eigenvalue weighted by molar-refractivity contribution is 7.12. The molecular weight excluding hydrogens is 277 g/mol. The summed E-state index contributed by atoms with van der Waals surface area (Å²) in [4.78, 5) is 14.0. The number of carbonyl (C=O) groups is 1. The first-order valence-corrected chi connectivity index (χ1v) is 6.68. The molecule has 0 atom stereocenters. The smallest absolute Gasteiger partial charge is 0.266 e. The van der Waals surface area contributed by atoms with Crippen molar-refractivity contribution in [3.63, 3.8) is 0 Å². The van der Waals surface area contributed by atoms with Crippen LogP contribution in [0.15, 0.2) is 29.6 Å². The lowest BCUT2D eigenvalue weighted by Gasteiger charge is -2.17. The van der Waals surface area contributed by atoms with Gasteiger partial charge in [0.15, 0.2) is 0 Å². The molecule has 0 aliphatic rings. The van der Waals surface area contributed by atoms with Crippen LogP contribution in [0.5, 0.6) is 0 Å². The minimum atomic E-state index is -0.442. The molecule has 6 heteroatoms. The predicted octanol–water partition coefficient (Wildman–Crippen LogP) is 2.61. The zero-order valence-corrected chi connectivity index (χ0v) is 11.6. The summed E-state index contributed by atoms with van der Waals surface area (Å²) in [6, 6.07) is 7.67. The summed E-state index contributed by atoms with van der Waals surface area (Å²) in [5, 5.41) is 10.5. The summed E-state index contributed by atoms with van der Waals surface area (Å²) in [6.45, 7) is 0.0809. The number of benzene rings is 1. The number of carbonyl (C=O) groups excluding carboxylic acids is 1. The fourth-order valence-corrected chi connectivity index (χ4v) is 2.57. The topological polar surface area (TPSA) is 70.1 Å². The van der Waals surface area contributed by atoms with Gasteiger partial charge in [0.1, 0.15) is 10.7 Å². The maximum atomic E-state index is 13.7. The standard InChI is InChI=1S/C14H12FN3OS/c1-18(14(19)13-12(17)4-5-20-13)8-10-6-9(7-16)2-3-11(10)15/h2-6H,8,17H2,1H3. The molecule has 0 saturated heterocycles. The number of anilines is 1. The first-order chi connectivity index (χ1) is 9.52. The molecule has 0 unspecified atom stereocenters. The Morgan fingerprint density at radius 2 is 2.25 bits per heavy atom. The second-order valence-corrected chi connectivity index (χ2v) is 5.20. The van der Waals surface area contributed by atoms with Gasteiger partial charge in [-0.1, -0.05) is 0 Å². The van der Waals surface area contributed by atoms with Gasteiger partial charge in [0.25, 0.3) is 5.91 Å². The van der Waals surface area contributed by atoms with Crippen LogP contribution >= 0.6 is 11.3 Å². The van der Waals surface area contributed by atoms with Crippen LogP contribution in [0.25, 0.3) is 0 Å². The van der Waals surface area contributed by atoms with Crippen LogP contribution in [-0.4, -0.2) is 17.9 Å². The van der Waals surface area contributed by atoms with Gasteiger partial charge in [0.05, 0.1) is 17.3 Å². The quantitative estimate of drug-likeness (QED) is 0.944. The van der Waals surface area contributed by atoms with Gasteiger partial charge in [0.2, 0.25) is 0 Å². The van der Waals surface area contributed by atoms with E-state index in [-0.39, 0.29) is 12.5 Å². The van der Waals surface area contributed by atoms with E-state index in [9.17, 15) is 9.18 Å². The zero-order chi connectivity index (χ0) is 14.7. The molecule has 1 amide bonds. The molecule has 0 fully saturated rings. The molecule has 2 aromatic rings. The van der Waals surface area contributed by atoms with Gasteiger partial charge in [-0.25, -0.2) is 4.39 Å². The van der Waals surface area contributed by atoms with Crippen LogP contribution < -0.4 is 5.73 Å². The molecule has 1 heterocycles. The van der Waals surface area contributed by atoms with Crippen molar-refractivity contribution in [1.29, 1.82) is 5.26 Å². The number of nitrogens with two attached hydrogens (primary N) is 1. The van der Waals surface area contributed by atoms with Crippen molar-refractivity contribution in [3.05, 3.63) is 51.5 Å². The van der Waals surface area contributed by atoms with Crippen LogP contribution in [0, 0.1) is 17.1 Å². The fraction of sp³-hybridized carbons (Fsp3) is 0.143. The Labute approximate surface area is 119 Å². The number of nitrogens with zero attached hydrogens (tertiary/aromatic N) is 2. The van der Waals surface area contributed by atoms with Gasteiger partial charge in [-0.2, -0.15) is 5.26 Å². The minimum Gasteiger partial charge on any atom is -0.397 e. The summed E-state index contributed by atoms with van der Waals surface area (Å²) in [5.41, 5.74) is 6.77. The summed E-state index contributed by atoms with van der Waals surface area (Å²) in [7, 11) is 1.57. The van der Waals surface area contributed by atoms with Crippen molar-refractivity contribution in [2.24, 2.45) is 0 Å². The lowest BCUT2D eigenvalue weighted by Crippen LogP contribution is -2.26. The molecule has 0 aliphatic heterocycles. The maximum Gasteiger partial charge on any atom is 0.266 e. The molecule has 2 N–H and O–H groups in total. The lowest BCUT2D eigenvalue weighted by molar-refractivity contribution is 0.0789. The van der Waals surface area contributed by atoms with Gasteiger partial charge in [-0.15, -0.1) is 11.3 Å². The van der Waals surface area contributed by atoms with E-state index in [2.05, 4.69) is 0 Å². The Balaban J connectivity index is 2.20. The number of hydrogen-bond donors (Lipinski definition) is 1. The number of halogens is 1. The first kappa shape index (κ1) is 14.0. The first-order valence-electron chi connectivity index (χ1n) is 5.80. The number of rotatable bonds is 3. The molecule has 0 aliphatic carbocycles. The summed E-state index contributed by atoms with van der Waals surface area (Å²) in [5.74, 6) is -0.706. The molecule has 20 heavy (non-hydrogen) atoms. The van der Waals surface area contributed by atoms with Crippen LogP contribution in [0.3, 0.4) is 0 Å². The molecule has 102 valence electrons. The Kier molecular flexibility index (Phi) is 4.01. The van der Waals surface area contributed by atoms with E-state index in [1.54, 1.807) is 18.5 Å². The Morgan fingerprint density at radius 3 is 2.85 bits per heavy atom. The predicted molar refractivity (Wildman–Crippen MR) is 75.6 cm³/mol. The third-order valence-corrected chi connectivity index (χ3v) is 3.74. The summed E-state index contributed by atoms with van der Waals surface area (Å²) in [6.07, 6.45) is 0. The summed E-state index contributed by atoms with van der Waals surface area (Å²) < 4.78 is 13.7. The van der Waals surface area contributed by atoms with Crippen molar-refractivity contribution in [2.75, 3.05) is 12.8 Å². The van der Waals surface area contributed by atoms with E-state index >= 15 is 0 Å². The van der Waals surface area contributed by atoms with E-state index in [0.717, 1.165) is 0 Å². The van der Waals surface area contributed by atoms with Gasteiger partial charge >= 0.3 is 0 Å². The Morgan fingerprint density at radius 1 is 1.50 bits per heavy atom. The average molecular weight is 289 g/mol. The maximum absolute atomic E-state index is 13.7. The normalized spacial score (nSPS) is 10.1. The molecule has 2 rings (SSSR count). The molecular formula is C14H12FN3OS. The van der Waals surface area contributed by atoms with Crippen LogP contribution in [0.1, 0.15) is 20.8 Å². The molecule has 4 nitrogen and oxygen atoms in total. The van der Waals surface area contributed by atoms with Crippen LogP contribution in [0.4, 0.5) is 10.1 Å². The molecule has 0 saturated carbocycles. The van der Waals surface area contributed by atoms with E-state index < -0.39 is 5.82 Å². The van der Waals surface area contributed by atoms with Crippen molar-refractivity contribution < 1.29 is 9.18 Å². The molecule has 0 radical (unpaired) electrons. The van der Waals surface area contributed by atoms with Crippen molar-refractivity contribution in [3.8, 4) is 6.07 Å². The second kappa shape index (κ2) is 5.72. The number of hydrogen-bond acceptors (Lipinski definition) is 4. The van der Waals surface area contributed by atoms with Crippen LogP contribution in [0.2, 0.25) is 0 Å². The fourth-order valence-electron chi connectivity index (χ4n) is 1.76. The zero-order valence-electron chi connectivity index (χ0n) is 10.8. The Hall–Kier alpha value is -2.39. The number of thiophene rings is 1. The van der Waals surface area contributed by atoms with E-state index in [1.807, 2.05) is 6.07 Å². The third kappa shape index (κ3) is 2.78. The largest absolute Gasteiger partial charge is 0.397 e. The average Bonchev–Trinajstić information content (AvgIpc) is 2.86. The molecule has 1 aromatic heterocycles. The van der Waals surface area contributed by atoms with E-state index in [0.29, 0.717) is 21.7 Å². The van der Waals surface area contributed by atoms with Crippen LogP contribution in [-0.2, 0) is 6.54 Å². The molecule has 0 bridgehead atoms. The lowest BCUT2D eigenvalue weighted by atomic mass is 10.1. The van der Waals surface area contributed by atoms with Gasteiger partial charge in [-0.3, -0.25) is 4.79 Å².